The highest BCUT2D eigenvalue weighted by molar-refractivity contribution is 6.09. The van der Waals surface area contributed by atoms with E-state index in [1.807, 2.05) is 25.1 Å². The molecule has 3 nitrogen and oxygen atoms in total. The molecule has 3 heteroatoms. The van der Waals surface area contributed by atoms with E-state index in [-0.39, 0.29) is 5.78 Å². The molecule has 1 radical (unpaired) electrons. The van der Waals surface area contributed by atoms with Gasteiger partial charge in [0.2, 0.25) is 0 Å². The second kappa shape index (κ2) is 6.83. The maximum atomic E-state index is 12.7. The zero-order valence-corrected chi connectivity index (χ0v) is 15.2. The molecule has 1 heterocycles. The average molecular weight is 344 g/mol. The number of allylic oxidation sites excluding steroid dienone is 2. The first-order valence-corrected chi connectivity index (χ1v) is 9.22. The van der Waals surface area contributed by atoms with Crippen molar-refractivity contribution in [3.8, 4) is 5.75 Å². The Hall–Kier alpha value is -2.81. The molecule has 2 aromatic rings. The molecule has 4 rings (SSSR count). The SMILES string of the molecule is CCCc1c2c(c(OCC)c3c1=CC=CC3=O)=CN(c1cc[c]cc1)C2. The summed E-state index contributed by atoms with van der Waals surface area (Å²) < 4.78 is 6.00. The van der Waals surface area contributed by atoms with Gasteiger partial charge in [-0.2, -0.15) is 0 Å². The fraction of sp³-hybridized carbons (Fsp3) is 0.261. The molecule has 0 saturated carbocycles. The predicted octanol–water partition coefficient (Wildman–Crippen LogP) is 3.13. The lowest BCUT2D eigenvalue weighted by molar-refractivity contribution is 0.104. The molecule has 0 unspecified atom stereocenters. The number of hydrogen-bond acceptors (Lipinski definition) is 3. The fourth-order valence-electron chi connectivity index (χ4n) is 3.87. The van der Waals surface area contributed by atoms with Gasteiger partial charge in [-0.1, -0.05) is 37.6 Å². The van der Waals surface area contributed by atoms with E-state index in [1.54, 1.807) is 6.08 Å². The number of ketones is 1. The maximum absolute atomic E-state index is 12.7. The van der Waals surface area contributed by atoms with Crippen molar-refractivity contribution in [2.24, 2.45) is 0 Å². The van der Waals surface area contributed by atoms with Gasteiger partial charge < -0.3 is 9.64 Å². The Morgan fingerprint density at radius 3 is 2.73 bits per heavy atom. The zero-order valence-electron chi connectivity index (χ0n) is 15.2. The Morgan fingerprint density at radius 2 is 2.00 bits per heavy atom. The molecule has 1 aliphatic carbocycles. The Morgan fingerprint density at radius 1 is 1.19 bits per heavy atom. The van der Waals surface area contributed by atoms with Crippen LogP contribution in [0.5, 0.6) is 5.75 Å². The van der Waals surface area contributed by atoms with Crippen molar-refractivity contribution in [2.45, 2.75) is 33.2 Å². The molecule has 131 valence electrons. The Kier molecular flexibility index (Phi) is 4.37. The molecule has 1 aliphatic heterocycles. The smallest absolute Gasteiger partial charge is 0.190 e. The van der Waals surface area contributed by atoms with Gasteiger partial charge in [0.15, 0.2) is 5.78 Å². The van der Waals surface area contributed by atoms with Crippen LogP contribution in [-0.4, -0.2) is 12.4 Å². The number of ether oxygens (including phenoxy) is 1. The number of hydrogen-bond donors (Lipinski definition) is 0. The predicted molar refractivity (Wildman–Crippen MR) is 105 cm³/mol. The van der Waals surface area contributed by atoms with Crippen molar-refractivity contribution in [3.05, 3.63) is 69.6 Å². The minimum Gasteiger partial charge on any atom is -0.492 e. The minimum absolute atomic E-state index is 0.0345. The van der Waals surface area contributed by atoms with Gasteiger partial charge >= 0.3 is 0 Å². The number of rotatable bonds is 5. The van der Waals surface area contributed by atoms with Crippen molar-refractivity contribution < 1.29 is 9.53 Å². The summed E-state index contributed by atoms with van der Waals surface area (Å²) >= 11 is 0. The van der Waals surface area contributed by atoms with Crippen LogP contribution in [0.4, 0.5) is 5.69 Å². The van der Waals surface area contributed by atoms with Crippen molar-refractivity contribution >= 4 is 23.7 Å². The highest BCUT2D eigenvalue weighted by Crippen LogP contribution is 2.26. The van der Waals surface area contributed by atoms with Crippen LogP contribution < -0.4 is 20.1 Å². The second-order valence-corrected chi connectivity index (χ2v) is 6.58. The summed E-state index contributed by atoms with van der Waals surface area (Å²) in [7, 11) is 0. The third-order valence-corrected chi connectivity index (χ3v) is 4.95. The third kappa shape index (κ3) is 2.64. The van der Waals surface area contributed by atoms with Gasteiger partial charge in [0.25, 0.3) is 0 Å². The summed E-state index contributed by atoms with van der Waals surface area (Å²) in [6.07, 6.45) is 9.67. The molecule has 0 bridgehead atoms. The van der Waals surface area contributed by atoms with E-state index in [0.717, 1.165) is 46.8 Å². The summed E-state index contributed by atoms with van der Waals surface area (Å²) in [5.41, 5.74) is 4.40. The lowest BCUT2D eigenvalue weighted by Crippen LogP contribution is -2.30. The van der Waals surface area contributed by atoms with Gasteiger partial charge in [-0.15, -0.1) is 0 Å². The van der Waals surface area contributed by atoms with Crippen molar-refractivity contribution in [3.63, 3.8) is 0 Å². The van der Waals surface area contributed by atoms with E-state index in [0.29, 0.717) is 6.61 Å². The molecule has 0 N–H and O–H groups in total. The van der Waals surface area contributed by atoms with Crippen molar-refractivity contribution in [1.82, 2.24) is 0 Å². The fourth-order valence-corrected chi connectivity index (χ4v) is 3.87. The lowest BCUT2D eigenvalue weighted by Gasteiger charge is -2.19. The summed E-state index contributed by atoms with van der Waals surface area (Å²) in [6, 6.07) is 11.0. The molecule has 0 atom stereocenters. The van der Waals surface area contributed by atoms with Crippen LogP contribution in [0.15, 0.2) is 36.4 Å². The van der Waals surface area contributed by atoms with Gasteiger partial charge in [0.1, 0.15) is 5.75 Å². The first kappa shape index (κ1) is 16.6. The van der Waals surface area contributed by atoms with Crippen LogP contribution in [0.3, 0.4) is 0 Å². The standard InChI is InChI=1S/C23H22NO2/c1-3-9-17-18-12-8-13-21(25)22(18)23(26-4-2)20-15-24(14-19(17)20)16-10-6-5-7-11-16/h6-8,10-13,15H,3-4,9,14H2,1-2H3. The van der Waals surface area contributed by atoms with Crippen molar-refractivity contribution in [2.75, 3.05) is 11.5 Å². The van der Waals surface area contributed by atoms with E-state index in [1.165, 1.54) is 11.1 Å². The van der Waals surface area contributed by atoms with Gasteiger partial charge in [0, 0.05) is 23.7 Å². The minimum atomic E-state index is 0.0345. The summed E-state index contributed by atoms with van der Waals surface area (Å²) in [4.78, 5) is 14.9. The number of benzene rings is 2. The number of fused-ring (bicyclic) bond motifs is 2. The number of carbonyl (C=O) groups is 1. The number of anilines is 1. The monoisotopic (exact) mass is 344 g/mol. The van der Waals surface area contributed by atoms with Crippen LogP contribution >= 0.6 is 0 Å². The molecule has 2 aliphatic rings. The van der Waals surface area contributed by atoms with Gasteiger partial charge in [0.05, 0.1) is 12.2 Å². The molecule has 26 heavy (non-hydrogen) atoms. The first-order valence-electron chi connectivity index (χ1n) is 9.22. The molecule has 2 aromatic carbocycles. The van der Waals surface area contributed by atoms with Crippen molar-refractivity contribution in [1.29, 1.82) is 0 Å². The normalized spacial score (nSPS) is 14.5. The molecule has 0 amide bonds. The molecule has 0 spiro atoms. The second-order valence-electron chi connectivity index (χ2n) is 6.58. The van der Waals surface area contributed by atoms with Crippen LogP contribution in [0.1, 0.15) is 41.8 Å². The van der Waals surface area contributed by atoms with Gasteiger partial charge in [-0.05, 0) is 54.0 Å². The van der Waals surface area contributed by atoms with Gasteiger partial charge in [-0.3, -0.25) is 4.79 Å². The lowest BCUT2D eigenvalue weighted by atomic mass is 9.90. The summed E-state index contributed by atoms with van der Waals surface area (Å²) in [5.74, 6) is 0.764. The van der Waals surface area contributed by atoms with Crippen LogP contribution in [0, 0.1) is 6.07 Å². The van der Waals surface area contributed by atoms with E-state index in [4.69, 9.17) is 4.74 Å². The summed E-state index contributed by atoms with van der Waals surface area (Å²) in [6.45, 7) is 5.48. The van der Waals surface area contributed by atoms with Crippen LogP contribution in [0.25, 0.3) is 12.3 Å². The van der Waals surface area contributed by atoms with Crippen LogP contribution in [-0.2, 0) is 13.0 Å². The first-order chi connectivity index (χ1) is 12.7. The molecular formula is C23H22NO2. The Bertz CT molecular complexity index is 1000. The Balaban J connectivity index is 1.99. The van der Waals surface area contributed by atoms with E-state index in [2.05, 4.69) is 42.3 Å². The molecule has 0 aromatic heterocycles. The highest BCUT2D eigenvalue weighted by atomic mass is 16.5. The third-order valence-electron chi connectivity index (χ3n) is 4.95. The summed E-state index contributed by atoms with van der Waals surface area (Å²) in [5, 5.41) is 2.09. The average Bonchev–Trinajstić information content (AvgIpc) is 3.10. The number of nitrogens with zero attached hydrogens (tertiary/aromatic N) is 1. The van der Waals surface area contributed by atoms with Gasteiger partial charge in [-0.25, -0.2) is 0 Å². The van der Waals surface area contributed by atoms with Crippen LogP contribution in [0.2, 0.25) is 0 Å². The quantitative estimate of drug-likeness (QED) is 0.835. The number of carbonyl (C=O) groups excluding carboxylic acids is 1. The topological polar surface area (TPSA) is 29.5 Å². The molecular weight excluding hydrogens is 322 g/mol. The zero-order chi connectivity index (χ0) is 18.1. The largest absolute Gasteiger partial charge is 0.492 e. The molecule has 0 fully saturated rings. The highest BCUT2D eigenvalue weighted by Gasteiger charge is 2.26. The Labute approximate surface area is 153 Å². The van der Waals surface area contributed by atoms with E-state index in [9.17, 15) is 4.79 Å². The van der Waals surface area contributed by atoms with E-state index >= 15 is 0 Å². The van der Waals surface area contributed by atoms with E-state index < -0.39 is 0 Å². The molecule has 0 saturated heterocycles. The maximum Gasteiger partial charge on any atom is 0.190 e.